The molecule has 0 bridgehead atoms. The highest BCUT2D eigenvalue weighted by atomic mass is 16.4. The van der Waals surface area contributed by atoms with Crippen molar-refractivity contribution in [3.8, 4) is 5.75 Å². The van der Waals surface area contributed by atoms with Gasteiger partial charge in [-0.05, 0) is 36.4 Å². The molecule has 3 aromatic rings. The highest BCUT2D eigenvalue weighted by Gasteiger charge is 1.99. The van der Waals surface area contributed by atoms with Crippen molar-refractivity contribution >= 4 is 22.9 Å². The maximum absolute atomic E-state index is 11.1. The second-order valence-corrected chi connectivity index (χ2v) is 4.29. The summed E-state index contributed by atoms with van der Waals surface area (Å²) in [5.41, 5.74) is 1.52. The first-order valence-electron chi connectivity index (χ1n) is 6.08. The van der Waals surface area contributed by atoms with Crippen LogP contribution < -0.4 is 5.63 Å². The monoisotopic (exact) mass is 265 g/mol. The summed E-state index contributed by atoms with van der Waals surface area (Å²) in [5.74, 6) is 0.183. The molecule has 3 rings (SSSR count). The van der Waals surface area contributed by atoms with E-state index in [1.807, 2.05) is 12.1 Å². The van der Waals surface area contributed by atoms with E-state index in [0.29, 0.717) is 11.1 Å². The molecule has 0 atom stereocenters. The number of hydrogen-bond donors (Lipinski definition) is 1. The molecule has 0 radical (unpaired) electrons. The third-order valence-electron chi connectivity index (χ3n) is 2.89. The van der Waals surface area contributed by atoms with E-state index in [1.165, 1.54) is 6.07 Å². The van der Waals surface area contributed by atoms with Gasteiger partial charge in [-0.25, -0.2) is 4.79 Å². The van der Waals surface area contributed by atoms with Gasteiger partial charge in [0.15, 0.2) is 0 Å². The van der Waals surface area contributed by atoms with Crippen molar-refractivity contribution in [1.82, 2.24) is 0 Å². The van der Waals surface area contributed by atoms with Gasteiger partial charge in [0.2, 0.25) is 0 Å². The Balaban J connectivity index is 1.97. The van der Waals surface area contributed by atoms with Gasteiger partial charge in [-0.2, -0.15) is 0 Å². The Hall–Kier alpha value is -2.88. The molecule has 1 heterocycles. The standard InChI is InChI=1S/C16H11NO3/c18-14-4-2-1-3-12(14)10-17-13-6-7-15-11(9-13)5-8-16(19)20-15/h1-10,18H. The summed E-state index contributed by atoms with van der Waals surface area (Å²) < 4.78 is 5.05. The number of rotatable bonds is 2. The zero-order valence-corrected chi connectivity index (χ0v) is 10.5. The molecule has 0 aliphatic heterocycles. The molecule has 2 aromatic carbocycles. The van der Waals surface area contributed by atoms with Crippen molar-refractivity contribution in [2.75, 3.05) is 0 Å². The van der Waals surface area contributed by atoms with Crippen LogP contribution in [0.4, 0.5) is 5.69 Å². The molecule has 0 saturated carbocycles. The van der Waals surface area contributed by atoms with Gasteiger partial charge in [0.1, 0.15) is 11.3 Å². The number of aliphatic imine (C=N–C) groups is 1. The van der Waals surface area contributed by atoms with E-state index < -0.39 is 0 Å². The van der Waals surface area contributed by atoms with Crippen LogP contribution in [0.3, 0.4) is 0 Å². The van der Waals surface area contributed by atoms with E-state index in [2.05, 4.69) is 4.99 Å². The van der Waals surface area contributed by atoms with Gasteiger partial charge in [0.05, 0.1) is 5.69 Å². The summed E-state index contributed by atoms with van der Waals surface area (Å²) in [6.45, 7) is 0. The van der Waals surface area contributed by atoms with Gasteiger partial charge < -0.3 is 9.52 Å². The smallest absolute Gasteiger partial charge is 0.336 e. The second-order valence-electron chi connectivity index (χ2n) is 4.29. The van der Waals surface area contributed by atoms with Crippen molar-refractivity contribution in [3.63, 3.8) is 0 Å². The van der Waals surface area contributed by atoms with Gasteiger partial charge in [-0.15, -0.1) is 0 Å². The molecular weight excluding hydrogens is 254 g/mol. The SMILES string of the molecule is O=c1ccc2cc(N=Cc3ccccc3O)ccc2o1. The van der Waals surface area contributed by atoms with Crippen molar-refractivity contribution in [2.24, 2.45) is 4.99 Å². The highest BCUT2D eigenvalue weighted by molar-refractivity contribution is 5.87. The Labute approximate surface area is 114 Å². The highest BCUT2D eigenvalue weighted by Crippen LogP contribution is 2.21. The Morgan fingerprint density at radius 3 is 2.75 bits per heavy atom. The Bertz CT molecular complexity index is 849. The number of fused-ring (bicyclic) bond motifs is 1. The van der Waals surface area contributed by atoms with E-state index in [1.54, 1.807) is 42.6 Å². The summed E-state index contributed by atoms with van der Waals surface area (Å²) in [7, 11) is 0. The minimum atomic E-state index is -0.372. The van der Waals surface area contributed by atoms with E-state index >= 15 is 0 Å². The third kappa shape index (κ3) is 2.44. The quantitative estimate of drug-likeness (QED) is 0.571. The van der Waals surface area contributed by atoms with Crippen LogP contribution in [-0.4, -0.2) is 11.3 Å². The van der Waals surface area contributed by atoms with Crippen molar-refractivity contribution in [1.29, 1.82) is 0 Å². The number of aromatic hydroxyl groups is 1. The minimum absolute atomic E-state index is 0.183. The number of phenolic OH excluding ortho intramolecular Hbond substituents is 1. The van der Waals surface area contributed by atoms with Crippen molar-refractivity contribution < 1.29 is 9.52 Å². The fourth-order valence-electron chi connectivity index (χ4n) is 1.88. The predicted molar refractivity (Wildman–Crippen MR) is 77.8 cm³/mol. The average Bonchev–Trinajstić information content (AvgIpc) is 2.46. The van der Waals surface area contributed by atoms with Crippen LogP contribution >= 0.6 is 0 Å². The lowest BCUT2D eigenvalue weighted by molar-refractivity contribution is 0.474. The zero-order chi connectivity index (χ0) is 13.9. The number of phenols is 1. The number of para-hydroxylation sites is 1. The van der Waals surface area contributed by atoms with Crippen LogP contribution in [0.5, 0.6) is 5.75 Å². The summed E-state index contributed by atoms with van der Waals surface area (Å²) in [5, 5.41) is 10.5. The fourth-order valence-corrected chi connectivity index (χ4v) is 1.88. The van der Waals surface area contributed by atoms with Crippen LogP contribution in [0.15, 0.2) is 68.8 Å². The molecular formula is C16H11NO3. The number of benzene rings is 2. The van der Waals surface area contributed by atoms with E-state index in [4.69, 9.17) is 4.42 Å². The maximum atomic E-state index is 11.1. The van der Waals surface area contributed by atoms with Crippen molar-refractivity contribution in [2.45, 2.75) is 0 Å². The largest absolute Gasteiger partial charge is 0.507 e. The first-order valence-corrected chi connectivity index (χ1v) is 6.08. The van der Waals surface area contributed by atoms with E-state index in [9.17, 15) is 9.90 Å². The normalized spacial score (nSPS) is 11.2. The molecule has 1 aromatic heterocycles. The van der Waals surface area contributed by atoms with Gasteiger partial charge in [-0.1, -0.05) is 12.1 Å². The molecule has 0 aliphatic carbocycles. The first kappa shape index (κ1) is 12.2. The lowest BCUT2D eigenvalue weighted by Crippen LogP contribution is -1.93. The molecule has 98 valence electrons. The van der Waals surface area contributed by atoms with Gasteiger partial charge in [0.25, 0.3) is 0 Å². The summed E-state index contributed by atoms with van der Waals surface area (Å²) in [4.78, 5) is 15.4. The zero-order valence-electron chi connectivity index (χ0n) is 10.5. The minimum Gasteiger partial charge on any atom is -0.507 e. The maximum Gasteiger partial charge on any atom is 0.336 e. The van der Waals surface area contributed by atoms with Gasteiger partial charge >= 0.3 is 5.63 Å². The van der Waals surface area contributed by atoms with Crippen LogP contribution in [0.2, 0.25) is 0 Å². The predicted octanol–water partition coefficient (Wildman–Crippen LogP) is 3.25. The van der Waals surface area contributed by atoms with Crippen LogP contribution in [0.1, 0.15) is 5.56 Å². The van der Waals surface area contributed by atoms with Crippen LogP contribution in [0.25, 0.3) is 11.0 Å². The summed E-state index contributed by atoms with van der Waals surface area (Å²) in [6, 6.07) is 15.3. The average molecular weight is 265 g/mol. The molecule has 0 spiro atoms. The van der Waals surface area contributed by atoms with E-state index in [-0.39, 0.29) is 11.4 Å². The van der Waals surface area contributed by atoms with Crippen LogP contribution in [0, 0.1) is 0 Å². The van der Waals surface area contributed by atoms with Gasteiger partial charge in [-0.3, -0.25) is 4.99 Å². The Morgan fingerprint density at radius 1 is 1.05 bits per heavy atom. The molecule has 4 heteroatoms. The summed E-state index contributed by atoms with van der Waals surface area (Å²) >= 11 is 0. The molecule has 0 fully saturated rings. The Morgan fingerprint density at radius 2 is 1.90 bits per heavy atom. The van der Waals surface area contributed by atoms with E-state index in [0.717, 1.165) is 11.1 Å². The molecule has 20 heavy (non-hydrogen) atoms. The second kappa shape index (κ2) is 5.01. The van der Waals surface area contributed by atoms with Crippen LogP contribution in [-0.2, 0) is 0 Å². The molecule has 0 amide bonds. The third-order valence-corrected chi connectivity index (χ3v) is 2.89. The van der Waals surface area contributed by atoms with Gasteiger partial charge in [0, 0.05) is 23.2 Å². The molecule has 0 aliphatic rings. The lowest BCUT2D eigenvalue weighted by Gasteiger charge is -1.99. The Kier molecular flexibility index (Phi) is 3.05. The number of nitrogens with zero attached hydrogens (tertiary/aromatic N) is 1. The fraction of sp³-hybridized carbons (Fsp3) is 0. The lowest BCUT2D eigenvalue weighted by atomic mass is 10.2. The molecule has 1 N–H and O–H groups in total. The summed E-state index contributed by atoms with van der Waals surface area (Å²) in [6.07, 6.45) is 1.59. The molecule has 0 unspecified atom stereocenters. The molecule has 0 saturated heterocycles. The molecule has 4 nitrogen and oxygen atoms in total. The number of hydrogen-bond acceptors (Lipinski definition) is 4. The topological polar surface area (TPSA) is 62.8 Å². The first-order chi connectivity index (χ1) is 9.72. The van der Waals surface area contributed by atoms with Crippen molar-refractivity contribution in [3.05, 3.63) is 70.6 Å².